The number of allylic oxidation sites excluding steroid dienone is 1. The minimum absolute atomic E-state index is 0.199. The third kappa shape index (κ3) is 4.45. The van der Waals surface area contributed by atoms with Crippen LogP contribution in [0.3, 0.4) is 0 Å². The van der Waals surface area contributed by atoms with Gasteiger partial charge < -0.3 is 14.7 Å². The zero-order chi connectivity index (χ0) is 24.5. The first kappa shape index (κ1) is 23.5. The highest BCUT2D eigenvalue weighted by Crippen LogP contribution is 2.50. The number of aliphatic imine (C=N–C) groups is 1. The molecule has 5 nitrogen and oxygen atoms in total. The van der Waals surface area contributed by atoms with Crippen LogP contribution in [0.4, 0.5) is 0 Å². The summed E-state index contributed by atoms with van der Waals surface area (Å²) in [4.78, 5) is 20.2. The zero-order valence-electron chi connectivity index (χ0n) is 18.6. The Kier molecular flexibility index (Phi) is 6.60. The summed E-state index contributed by atoms with van der Waals surface area (Å²) in [6, 6.07) is 21.9. The molecule has 0 radical (unpaired) electrons. The van der Waals surface area contributed by atoms with Gasteiger partial charge in [0.25, 0.3) is 0 Å². The molecule has 2 heterocycles. The Balaban J connectivity index is 1.70. The lowest BCUT2D eigenvalue weighted by Crippen LogP contribution is -2.34. The van der Waals surface area contributed by atoms with Crippen LogP contribution in [0.15, 0.2) is 95.3 Å². The Morgan fingerprint density at radius 3 is 2.40 bits per heavy atom. The van der Waals surface area contributed by atoms with Gasteiger partial charge in [-0.1, -0.05) is 77.8 Å². The van der Waals surface area contributed by atoms with Crippen LogP contribution >= 0.6 is 35.0 Å². The molecule has 0 bridgehead atoms. The Labute approximate surface area is 217 Å². The minimum Gasteiger partial charge on any atom is -0.496 e. The van der Waals surface area contributed by atoms with E-state index in [9.17, 15) is 9.90 Å². The molecule has 2 aliphatic heterocycles. The number of benzene rings is 3. The fourth-order valence-electron chi connectivity index (χ4n) is 4.31. The molecular formula is C27H20Cl2N2O3S. The van der Waals surface area contributed by atoms with Crippen molar-refractivity contribution >= 4 is 51.0 Å². The van der Waals surface area contributed by atoms with E-state index in [1.165, 1.54) is 11.8 Å². The first-order valence-corrected chi connectivity index (χ1v) is 12.4. The van der Waals surface area contributed by atoms with Crippen molar-refractivity contribution in [2.45, 2.75) is 12.5 Å². The van der Waals surface area contributed by atoms with Crippen molar-refractivity contribution in [3.63, 3.8) is 0 Å². The Hall–Kier alpha value is -3.19. The van der Waals surface area contributed by atoms with Gasteiger partial charge in [0.1, 0.15) is 5.75 Å². The molecule has 0 aliphatic carbocycles. The van der Waals surface area contributed by atoms with E-state index in [4.69, 9.17) is 32.9 Å². The van der Waals surface area contributed by atoms with Crippen LogP contribution in [0.5, 0.6) is 5.75 Å². The summed E-state index contributed by atoms with van der Waals surface area (Å²) < 4.78 is 5.63. The first-order chi connectivity index (χ1) is 17.0. The van der Waals surface area contributed by atoms with Crippen LogP contribution in [-0.4, -0.2) is 28.3 Å². The third-order valence-corrected chi connectivity index (χ3v) is 7.50. The number of carbonyl (C=O) groups is 1. The number of aliphatic carboxylic acids is 1. The fraction of sp³-hybridized carbons (Fsp3) is 0.111. The van der Waals surface area contributed by atoms with Crippen LogP contribution in [0, 0.1) is 0 Å². The molecule has 0 saturated carbocycles. The summed E-state index contributed by atoms with van der Waals surface area (Å²) in [6.07, 6.45) is 2.25. The number of methoxy groups -OCH3 is 1. The van der Waals surface area contributed by atoms with Crippen molar-refractivity contribution in [2.24, 2.45) is 4.99 Å². The summed E-state index contributed by atoms with van der Waals surface area (Å²) in [5.41, 5.74) is 3.10. The van der Waals surface area contributed by atoms with Gasteiger partial charge >= 0.3 is 5.97 Å². The van der Waals surface area contributed by atoms with Gasteiger partial charge in [-0.25, -0.2) is 9.79 Å². The van der Waals surface area contributed by atoms with Gasteiger partial charge in [0.2, 0.25) is 0 Å². The first-order valence-electron chi connectivity index (χ1n) is 10.8. The van der Waals surface area contributed by atoms with Gasteiger partial charge in [0, 0.05) is 28.7 Å². The highest BCUT2D eigenvalue weighted by atomic mass is 35.5. The smallest absolute Gasteiger partial charge is 0.335 e. The lowest BCUT2D eigenvalue weighted by atomic mass is 9.92. The topological polar surface area (TPSA) is 62.1 Å². The van der Waals surface area contributed by atoms with Gasteiger partial charge in [-0.15, -0.1) is 0 Å². The lowest BCUT2D eigenvalue weighted by Gasteiger charge is -2.34. The zero-order valence-corrected chi connectivity index (χ0v) is 20.9. The number of rotatable bonds is 6. The van der Waals surface area contributed by atoms with Gasteiger partial charge in [-0.05, 0) is 35.5 Å². The van der Waals surface area contributed by atoms with E-state index in [0.717, 1.165) is 16.0 Å². The van der Waals surface area contributed by atoms with E-state index in [1.807, 2.05) is 65.7 Å². The Morgan fingerprint density at radius 2 is 1.71 bits per heavy atom. The van der Waals surface area contributed by atoms with Gasteiger partial charge in [-0.3, -0.25) is 0 Å². The fourth-order valence-corrected chi connectivity index (χ4v) is 6.13. The molecule has 176 valence electrons. The second-order valence-corrected chi connectivity index (χ2v) is 9.79. The predicted octanol–water partition coefficient (Wildman–Crippen LogP) is 7.04. The molecule has 0 aromatic heterocycles. The number of hydrogen-bond donors (Lipinski definition) is 1. The van der Waals surface area contributed by atoms with E-state index in [1.54, 1.807) is 25.3 Å². The highest BCUT2D eigenvalue weighted by molar-refractivity contribution is 8.22. The van der Waals surface area contributed by atoms with E-state index in [0.29, 0.717) is 38.6 Å². The van der Waals surface area contributed by atoms with Crippen molar-refractivity contribution in [1.29, 1.82) is 0 Å². The molecule has 2 aliphatic rings. The van der Waals surface area contributed by atoms with Crippen molar-refractivity contribution in [3.8, 4) is 5.75 Å². The Morgan fingerprint density at radius 1 is 1.03 bits per heavy atom. The number of thioether (sulfide) groups is 1. The number of fused-ring (bicyclic) bond motifs is 1. The minimum atomic E-state index is -1.03. The van der Waals surface area contributed by atoms with Crippen LogP contribution in [0.25, 0.3) is 4.91 Å². The van der Waals surface area contributed by atoms with E-state index in [2.05, 4.69) is 0 Å². The summed E-state index contributed by atoms with van der Waals surface area (Å²) in [5, 5.41) is 12.1. The quantitative estimate of drug-likeness (QED) is 0.376. The Bertz CT molecular complexity index is 1380. The number of halogens is 2. The molecule has 1 N–H and O–H groups in total. The van der Waals surface area contributed by atoms with Crippen molar-refractivity contribution < 1.29 is 14.6 Å². The van der Waals surface area contributed by atoms with Crippen molar-refractivity contribution in [2.75, 3.05) is 7.11 Å². The molecule has 0 spiro atoms. The molecule has 0 amide bonds. The van der Waals surface area contributed by atoms with Crippen LogP contribution in [-0.2, 0) is 11.2 Å². The monoisotopic (exact) mass is 522 g/mol. The number of carboxylic acids is 1. The molecule has 35 heavy (non-hydrogen) atoms. The van der Waals surface area contributed by atoms with Gasteiger partial charge in [0.05, 0.1) is 34.5 Å². The molecule has 5 rings (SSSR count). The number of nitrogens with zero attached hydrogens (tertiary/aromatic N) is 2. The molecule has 0 fully saturated rings. The van der Waals surface area contributed by atoms with E-state index < -0.39 is 12.0 Å². The second-order valence-electron chi connectivity index (χ2n) is 7.97. The lowest BCUT2D eigenvalue weighted by molar-refractivity contribution is -0.133. The number of ether oxygens (including phenoxy) is 1. The second kappa shape index (κ2) is 9.82. The normalized spacial score (nSPS) is 17.1. The highest BCUT2D eigenvalue weighted by Gasteiger charge is 2.41. The summed E-state index contributed by atoms with van der Waals surface area (Å²) in [5.74, 6) is -0.434. The largest absolute Gasteiger partial charge is 0.496 e. The maximum Gasteiger partial charge on any atom is 0.335 e. The van der Waals surface area contributed by atoms with E-state index in [-0.39, 0.29) is 5.57 Å². The number of hydrogen-bond acceptors (Lipinski definition) is 5. The predicted molar refractivity (Wildman–Crippen MR) is 142 cm³/mol. The molecule has 0 unspecified atom stereocenters. The van der Waals surface area contributed by atoms with Gasteiger partial charge in [-0.2, -0.15) is 0 Å². The molecule has 3 aromatic carbocycles. The summed E-state index contributed by atoms with van der Waals surface area (Å²) >= 11 is 14.4. The average Bonchev–Trinajstić information content (AvgIpc) is 3.26. The van der Waals surface area contributed by atoms with Crippen LogP contribution in [0.1, 0.15) is 22.7 Å². The SMILES string of the molecule is COc1ccccc1[C@H]1C(C(=O)O)=C(Cc2ccccc2)N=C2SC(c3c(Cl)cccc3Cl)=CN21. The average molecular weight is 523 g/mol. The standard InChI is InChI=1S/C27H20Cl2N2O3S/c1-34-21-13-6-5-10-17(21)25-24(26(32)33)20(14-16-8-3-2-4-9-16)30-27-31(25)15-22(35-27)23-18(28)11-7-12-19(23)29/h2-13,15,25H,14H2,1H3,(H,32,33)/t25-/m0/s1. The van der Waals surface area contributed by atoms with Gasteiger partial charge in [0.15, 0.2) is 5.17 Å². The van der Waals surface area contributed by atoms with Crippen LogP contribution < -0.4 is 4.74 Å². The number of para-hydroxylation sites is 1. The maximum absolute atomic E-state index is 12.7. The summed E-state index contributed by atoms with van der Waals surface area (Å²) in [7, 11) is 1.58. The molecule has 3 aromatic rings. The maximum atomic E-state index is 12.7. The number of carboxylic acid groups (broad SMARTS) is 1. The molecule has 8 heteroatoms. The molecule has 1 atom stereocenters. The van der Waals surface area contributed by atoms with E-state index >= 15 is 0 Å². The van der Waals surface area contributed by atoms with Crippen LogP contribution in [0.2, 0.25) is 10.0 Å². The summed E-state index contributed by atoms with van der Waals surface area (Å²) in [6.45, 7) is 0. The van der Waals surface area contributed by atoms with Crippen molar-refractivity contribution in [3.05, 3.63) is 117 Å². The molecular weight excluding hydrogens is 503 g/mol. The van der Waals surface area contributed by atoms with Crippen molar-refractivity contribution in [1.82, 2.24) is 4.90 Å². The number of amidine groups is 1. The molecule has 0 saturated heterocycles. The third-order valence-electron chi connectivity index (χ3n) is 5.86.